The number of rotatable bonds is 1. The molecule has 2 amide bonds. The van der Waals surface area contributed by atoms with E-state index < -0.39 is 0 Å². The largest absolute Gasteiger partial charge is 0.293 e. The van der Waals surface area contributed by atoms with Crippen LogP contribution in [0.15, 0.2) is 24.3 Å². The van der Waals surface area contributed by atoms with Crippen molar-refractivity contribution >= 4 is 11.8 Å². The van der Waals surface area contributed by atoms with Crippen LogP contribution in [0.2, 0.25) is 0 Å². The van der Waals surface area contributed by atoms with Gasteiger partial charge in [0.15, 0.2) is 0 Å². The molecule has 2 saturated heterocycles. The fourth-order valence-corrected chi connectivity index (χ4v) is 2.99. The highest BCUT2D eigenvalue weighted by atomic mass is 16.2. The van der Waals surface area contributed by atoms with Crippen molar-refractivity contribution in [1.29, 1.82) is 0 Å². The van der Waals surface area contributed by atoms with Crippen molar-refractivity contribution in [3.63, 3.8) is 0 Å². The van der Waals surface area contributed by atoms with Crippen molar-refractivity contribution in [3.8, 4) is 0 Å². The third-order valence-electron chi connectivity index (χ3n) is 3.78. The fourth-order valence-electron chi connectivity index (χ4n) is 2.99. The van der Waals surface area contributed by atoms with E-state index in [1.165, 1.54) is 0 Å². The zero-order valence-electron chi connectivity index (χ0n) is 10.3. The monoisotopic (exact) mass is 244 g/mol. The number of benzene rings is 1. The molecule has 4 nitrogen and oxygen atoms in total. The van der Waals surface area contributed by atoms with E-state index in [0.29, 0.717) is 0 Å². The van der Waals surface area contributed by atoms with Gasteiger partial charge in [-0.1, -0.05) is 29.8 Å². The van der Waals surface area contributed by atoms with Gasteiger partial charge in [-0.3, -0.25) is 19.8 Å². The smallest absolute Gasteiger partial charge is 0.248 e. The SMILES string of the molecule is Cc1cccc([C@H]2C(=O)NC(=O)[C@@H]3CCCN23)c1. The van der Waals surface area contributed by atoms with Gasteiger partial charge in [0, 0.05) is 6.54 Å². The summed E-state index contributed by atoms with van der Waals surface area (Å²) in [4.78, 5) is 25.9. The minimum Gasteiger partial charge on any atom is -0.293 e. The number of imide groups is 1. The molecular weight excluding hydrogens is 228 g/mol. The summed E-state index contributed by atoms with van der Waals surface area (Å²) < 4.78 is 0. The molecule has 2 heterocycles. The van der Waals surface area contributed by atoms with Crippen molar-refractivity contribution in [2.24, 2.45) is 0 Å². The van der Waals surface area contributed by atoms with Gasteiger partial charge >= 0.3 is 0 Å². The lowest BCUT2D eigenvalue weighted by molar-refractivity contribution is -0.143. The Labute approximate surface area is 106 Å². The summed E-state index contributed by atoms with van der Waals surface area (Å²) in [6, 6.07) is 7.51. The Balaban J connectivity index is 1.99. The molecule has 0 saturated carbocycles. The first-order valence-electron chi connectivity index (χ1n) is 6.34. The third-order valence-corrected chi connectivity index (χ3v) is 3.78. The van der Waals surface area contributed by atoms with Gasteiger partial charge in [0.05, 0.1) is 6.04 Å². The average Bonchev–Trinajstić information content (AvgIpc) is 2.78. The molecule has 1 aromatic carbocycles. The first-order valence-corrected chi connectivity index (χ1v) is 6.34. The fraction of sp³-hybridized carbons (Fsp3) is 0.429. The first-order chi connectivity index (χ1) is 8.66. The number of piperazine rings is 1. The Hall–Kier alpha value is -1.68. The summed E-state index contributed by atoms with van der Waals surface area (Å²) in [7, 11) is 0. The summed E-state index contributed by atoms with van der Waals surface area (Å²) in [5.41, 5.74) is 2.11. The second kappa shape index (κ2) is 4.21. The Morgan fingerprint density at radius 3 is 2.89 bits per heavy atom. The van der Waals surface area contributed by atoms with E-state index in [9.17, 15) is 9.59 Å². The molecule has 3 rings (SSSR count). The molecule has 0 aliphatic carbocycles. The zero-order chi connectivity index (χ0) is 12.7. The number of carbonyl (C=O) groups is 2. The molecule has 0 radical (unpaired) electrons. The number of fused-ring (bicyclic) bond motifs is 1. The number of amides is 2. The zero-order valence-corrected chi connectivity index (χ0v) is 10.3. The molecular formula is C14H16N2O2. The van der Waals surface area contributed by atoms with E-state index in [-0.39, 0.29) is 23.9 Å². The second-order valence-corrected chi connectivity index (χ2v) is 5.07. The third kappa shape index (κ3) is 1.73. The van der Waals surface area contributed by atoms with E-state index in [4.69, 9.17) is 0 Å². The average molecular weight is 244 g/mol. The lowest BCUT2D eigenvalue weighted by Gasteiger charge is -2.35. The van der Waals surface area contributed by atoms with Crippen LogP contribution in [-0.4, -0.2) is 29.3 Å². The number of nitrogens with zero attached hydrogens (tertiary/aromatic N) is 1. The van der Waals surface area contributed by atoms with Crippen LogP contribution in [0.25, 0.3) is 0 Å². The standard InChI is InChI=1S/C14H16N2O2/c1-9-4-2-5-10(8-9)12-14(18)15-13(17)11-6-3-7-16(11)12/h2,4-5,8,11-12H,3,6-7H2,1H3,(H,15,17,18)/t11-,12-/m0/s1. The molecule has 2 aliphatic rings. The molecule has 2 aliphatic heterocycles. The molecule has 0 spiro atoms. The van der Waals surface area contributed by atoms with E-state index >= 15 is 0 Å². The molecule has 94 valence electrons. The van der Waals surface area contributed by atoms with Crippen LogP contribution in [0.5, 0.6) is 0 Å². The van der Waals surface area contributed by atoms with Gasteiger partial charge in [0.1, 0.15) is 6.04 Å². The maximum Gasteiger partial charge on any atom is 0.248 e. The maximum absolute atomic E-state index is 12.1. The second-order valence-electron chi connectivity index (χ2n) is 5.07. The summed E-state index contributed by atoms with van der Waals surface area (Å²) in [6.07, 6.45) is 1.83. The van der Waals surface area contributed by atoms with Crippen molar-refractivity contribution in [3.05, 3.63) is 35.4 Å². The van der Waals surface area contributed by atoms with Gasteiger partial charge in [-0.2, -0.15) is 0 Å². The summed E-state index contributed by atoms with van der Waals surface area (Å²) in [5.74, 6) is -0.329. The summed E-state index contributed by atoms with van der Waals surface area (Å²) in [5, 5.41) is 2.50. The minimum atomic E-state index is -0.310. The van der Waals surface area contributed by atoms with Crippen LogP contribution in [-0.2, 0) is 9.59 Å². The van der Waals surface area contributed by atoms with Crippen LogP contribution in [0.4, 0.5) is 0 Å². The minimum absolute atomic E-state index is 0.131. The van der Waals surface area contributed by atoms with Gasteiger partial charge in [-0.05, 0) is 25.3 Å². The van der Waals surface area contributed by atoms with Crippen LogP contribution < -0.4 is 5.32 Å². The highest BCUT2D eigenvalue weighted by Crippen LogP contribution is 2.32. The van der Waals surface area contributed by atoms with Crippen LogP contribution >= 0.6 is 0 Å². The molecule has 1 aromatic rings. The topological polar surface area (TPSA) is 49.4 Å². The number of hydrogen-bond acceptors (Lipinski definition) is 3. The van der Waals surface area contributed by atoms with E-state index in [1.54, 1.807) is 0 Å². The van der Waals surface area contributed by atoms with Gasteiger partial charge in [-0.15, -0.1) is 0 Å². The normalized spacial score (nSPS) is 28.1. The molecule has 0 bridgehead atoms. The highest BCUT2D eigenvalue weighted by molar-refractivity contribution is 6.03. The lowest BCUT2D eigenvalue weighted by atomic mass is 9.98. The van der Waals surface area contributed by atoms with Crippen molar-refractivity contribution in [1.82, 2.24) is 10.2 Å². The highest BCUT2D eigenvalue weighted by Gasteiger charge is 2.44. The van der Waals surface area contributed by atoms with E-state index in [1.807, 2.05) is 36.1 Å². The number of aryl methyl sites for hydroxylation is 1. The van der Waals surface area contributed by atoms with Crippen LogP contribution in [0, 0.1) is 6.92 Å². The van der Waals surface area contributed by atoms with Crippen LogP contribution in [0.1, 0.15) is 30.0 Å². The molecule has 2 atom stereocenters. The molecule has 4 heteroatoms. The summed E-state index contributed by atoms with van der Waals surface area (Å²) in [6.45, 7) is 2.83. The van der Waals surface area contributed by atoms with Gasteiger partial charge in [-0.25, -0.2) is 0 Å². The molecule has 2 fully saturated rings. The predicted molar refractivity (Wildman–Crippen MR) is 66.8 cm³/mol. The van der Waals surface area contributed by atoms with Gasteiger partial charge < -0.3 is 0 Å². The van der Waals surface area contributed by atoms with Crippen molar-refractivity contribution < 1.29 is 9.59 Å². The molecule has 0 unspecified atom stereocenters. The number of nitrogens with one attached hydrogen (secondary N) is 1. The number of hydrogen-bond donors (Lipinski definition) is 1. The van der Waals surface area contributed by atoms with Crippen molar-refractivity contribution in [2.75, 3.05) is 6.54 Å². The predicted octanol–water partition coefficient (Wildman–Crippen LogP) is 1.16. The first kappa shape index (κ1) is 11.4. The molecule has 1 N–H and O–H groups in total. The lowest BCUT2D eigenvalue weighted by Crippen LogP contribution is -2.56. The molecule has 0 aromatic heterocycles. The molecule has 18 heavy (non-hydrogen) atoms. The Kier molecular flexibility index (Phi) is 2.67. The number of carbonyl (C=O) groups excluding carboxylic acids is 2. The van der Waals surface area contributed by atoms with Gasteiger partial charge in [0.25, 0.3) is 0 Å². The van der Waals surface area contributed by atoms with Crippen LogP contribution in [0.3, 0.4) is 0 Å². The Morgan fingerprint density at radius 1 is 1.28 bits per heavy atom. The Morgan fingerprint density at radius 2 is 2.11 bits per heavy atom. The summed E-state index contributed by atoms with van der Waals surface area (Å²) >= 11 is 0. The van der Waals surface area contributed by atoms with E-state index in [0.717, 1.165) is 30.5 Å². The quantitative estimate of drug-likeness (QED) is 0.754. The maximum atomic E-state index is 12.1. The van der Waals surface area contributed by atoms with Gasteiger partial charge in [0.2, 0.25) is 11.8 Å². The van der Waals surface area contributed by atoms with E-state index in [2.05, 4.69) is 5.32 Å². The van der Waals surface area contributed by atoms with Crippen molar-refractivity contribution in [2.45, 2.75) is 31.8 Å². The Bertz CT molecular complexity index is 512.